The van der Waals surface area contributed by atoms with Crippen LogP contribution in [0.2, 0.25) is 0 Å². The predicted octanol–water partition coefficient (Wildman–Crippen LogP) is 2.40. The summed E-state index contributed by atoms with van der Waals surface area (Å²) in [5.74, 6) is 1.03. The van der Waals surface area contributed by atoms with Gasteiger partial charge in [0.05, 0.1) is 10.2 Å². The van der Waals surface area contributed by atoms with Crippen LogP contribution in [-0.2, 0) is 13.6 Å². The number of benzene rings is 1. The van der Waals surface area contributed by atoms with Gasteiger partial charge in [0.15, 0.2) is 22.0 Å². The van der Waals surface area contributed by atoms with E-state index in [0.29, 0.717) is 28.5 Å². The van der Waals surface area contributed by atoms with Crippen LogP contribution in [0.15, 0.2) is 35.8 Å². The molecule has 0 saturated carbocycles. The molecule has 0 atom stereocenters. The fraction of sp³-hybridized carbons (Fsp3) is 0.235. The fourth-order valence-corrected chi connectivity index (χ4v) is 3.71. The Morgan fingerprint density at radius 2 is 2.16 bits per heavy atom. The molecule has 1 aliphatic heterocycles. The Bertz CT molecular complexity index is 1050. The summed E-state index contributed by atoms with van der Waals surface area (Å²) in [4.78, 5) is 17.4. The topological polar surface area (TPSA) is 70.6 Å². The molecule has 1 aromatic carbocycles. The zero-order valence-corrected chi connectivity index (χ0v) is 14.7. The highest BCUT2D eigenvalue weighted by Gasteiger charge is 2.18. The molecule has 0 unspecified atom stereocenters. The summed E-state index contributed by atoms with van der Waals surface area (Å²) in [7, 11) is 1.80. The van der Waals surface area contributed by atoms with E-state index >= 15 is 0 Å². The molecular formula is C17H16N4O3S. The molecule has 0 aliphatic carbocycles. The van der Waals surface area contributed by atoms with Crippen molar-refractivity contribution in [3.05, 3.63) is 47.0 Å². The molecule has 0 spiro atoms. The molecule has 8 heteroatoms. The third-order valence-electron chi connectivity index (χ3n) is 4.02. The summed E-state index contributed by atoms with van der Waals surface area (Å²) in [6, 6.07) is 5.55. The van der Waals surface area contributed by atoms with Crippen molar-refractivity contribution in [3.8, 4) is 11.5 Å². The Balaban J connectivity index is 1.86. The molecule has 0 radical (unpaired) electrons. The van der Waals surface area contributed by atoms with Gasteiger partial charge < -0.3 is 14.0 Å². The number of thiazole rings is 1. The van der Waals surface area contributed by atoms with E-state index in [1.807, 2.05) is 23.6 Å². The molecule has 0 bridgehead atoms. The second-order valence-corrected chi connectivity index (χ2v) is 6.68. The number of nitrogens with zero attached hydrogens (tertiary/aromatic N) is 4. The van der Waals surface area contributed by atoms with Crippen molar-refractivity contribution in [1.82, 2.24) is 14.3 Å². The van der Waals surface area contributed by atoms with Crippen molar-refractivity contribution in [2.24, 2.45) is 12.0 Å². The Kier molecular flexibility index (Phi) is 3.69. The van der Waals surface area contributed by atoms with E-state index in [4.69, 9.17) is 9.47 Å². The van der Waals surface area contributed by atoms with Crippen molar-refractivity contribution >= 4 is 27.5 Å². The first-order valence-electron chi connectivity index (χ1n) is 7.70. The first-order chi connectivity index (χ1) is 12.1. The number of aromatic nitrogens is 3. The van der Waals surface area contributed by atoms with Crippen molar-refractivity contribution < 1.29 is 14.3 Å². The van der Waals surface area contributed by atoms with Gasteiger partial charge in [-0.3, -0.25) is 9.48 Å². The van der Waals surface area contributed by atoms with Gasteiger partial charge in [0.2, 0.25) is 6.79 Å². The molecule has 3 aromatic rings. The third-order valence-corrected chi connectivity index (χ3v) is 5.06. The Morgan fingerprint density at radius 3 is 2.84 bits per heavy atom. The highest BCUT2D eigenvalue weighted by Crippen LogP contribution is 2.36. The van der Waals surface area contributed by atoms with Crippen molar-refractivity contribution in [3.63, 3.8) is 0 Å². The van der Waals surface area contributed by atoms with Crippen LogP contribution >= 0.6 is 11.3 Å². The standard InChI is InChI=1S/C17H16N4O3S/c1-4-5-21-12-7-13-14(24-9-23-13)8-15(12)25-17(21)18-16(22)11-6-10(2)20(3)19-11/h4,6-8H,1,5,9H2,2-3H3. The molecule has 1 amide bonds. The maximum absolute atomic E-state index is 12.5. The first-order valence-corrected chi connectivity index (χ1v) is 8.52. The SMILES string of the molecule is C=CCn1c(=NC(=O)c2cc(C)n(C)n2)sc2cc3c(cc21)OCO3. The maximum Gasteiger partial charge on any atom is 0.300 e. The van der Waals surface area contributed by atoms with Crippen LogP contribution in [0.1, 0.15) is 16.2 Å². The van der Waals surface area contributed by atoms with Gasteiger partial charge in [0, 0.05) is 31.4 Å². The van der Waals surface area contributed by atoms with Gasteiger partial charge in [0.1, 0.15) is 0 Å². The van der Waals surface area contributed by atoms with E-state index in [0.717, 1.165) is 15.9 Å². The summed E-state index contributed by atoms with van der Waals surface area (Å²) in [6.45, 7) is 6.45. The largest absolute Gasteiger partial charge is 0.454 e. The summed E-state index contributed by atoms with van der Waals surface area (Å²) in [5.41, 5.74) is 2.16. The Hall–Kier alpha value is -2.87. The zero-order valence-electron chi connectivity index (χ0n) is 13.9. The van der Waals surface area contributed by atoms with Gasteiger partial charge in [-0.2, -0.15) is 10.1 Å². The monoisotopic (exact) mass is 356 g/mol. The normalized spacial score (nSPS) is 13.6. The number of aryl methyl sites for hydroxylation is 2. The fourth-order valence-electron chi connectivity index (χ4n) is 2.66. The average molecular weight is 356 g/mol. The molecule has 0 N–H and O–H groups in total. The van der Waals surface area contributed by atoms with Gasteiger partial charge in [0.25, 0.3) is 5.91 Å². The molecular weight excluding hydrogens is 340 g/mol. The molecule has 0 fully saturated rings. The molecule has 1 aliphatic rings. The number of carbonyl (C=O) groups excluding carboxylic acids is 1. The van der Waals surface area contributed by atoms with Gasteiger partial charge >= 0.3 is 0 Å². The molecule has 2 aromatic heterocycles. The second-order valence-electron chi connectivity index (χ2n) is 5.67. The summed E-state index contributed by atoms with van der Waals surface area (Å²) in [6.07, 6.45) is 1.77. The van der Waals surface area contributed by atoms with Gasteiger partial charge in [-0.15, -0.1) is 6.58 Å². The Morgan fingerprint density at radius 1 is 1.40 bits per heavy atom. The first kappa shape index (κ1) is 15.6. The number of carbonyl (C=O) groups is 1. The van der Waals surface area contributed by atoms with E-state index in [1.54, 1.807) is 23.9 Å². The number of ether oxygens (including phenoxy) is 2. The molecule has 7 nitrogen and oxygen atoms in total. The number of fused-ring (bicyclic) bond motifs is 2. The predicted molar refractivity (Wildman–Crippen MR) is 94.0 cm³/mol. The molecule has 0 saturated heterocycles. The minimum atomic E-state index is -0.367. The number of allylic oxidation sites excluding steroid dienone is 1. The van der Waals surface area contributed by atoms with Crippen LogP contribution in [0.4, 0.5) is 0 Å². The van der Waals surface area contributed by atoms with E-state index in [2.05, 4.69) is 16.7 Å². The molecule has 25 heavy (non-hydrogen) atoms. The van der Waals surface area contributed by atoms with Crippen molar-refractivity contribution in [2.45, 2.75) is 13.5 Å². The molecule has 3 heterocycles. The highest BCUT2D eigenvalue weighted by atomic mass is 32.1. The van der Waals surface area contributed by atoms with E-state index in [9.17, 15) is 4.79 Å². The molecule has 128 valence electrons. The Labute approximate surface area is 147 Å². The lowest BCUT2D eigenvalue weighted by Crippen LogP contribution is -2.16. The summed E-state index contributed by atoms with van der Waals surface area (Å²) < 4.78 is 15.4. The minimum absolute atomic E-state index is 0.225. The van der Waals surface area contributed by atoms with Gasteiger partial charge in [-0.25, -0.2) is 0 Å². The van der Waals surface area contributed by atoms with E-state index in [-0.39, 0.29) is 12.7 Å². The van der Waals surface area contributed by atoms with Crippen LogP contribution in [0, 0.1) is 6.92 Å². The summed E-state index contributed by atoms with van der Waals surface area (Å²) in [5, 5.41) is 4.20. The van der Waals surface area contributed by atoms with Crippen LogP contribution in [0.5, 0.6) is 11.5 Å². The lowest BCUT2D eigenvalue weighted by molar-refractivity contribution is 0.0992. The quantitative estimate of drug-likeness (QED) is 0.676. The van der Waals surface area contributed by atoms with E-state index < -0.39 is 0 Å². The van der Waals surface area contributed by atoms with E-state index in [1.165, 1.54) is 11.3 Å². The minimum Gasteiger partial charge on any atom is -0.454 e. The third kappa shape index (κ3) is 2.64. The van der Waals surface area contributed by atoms with Crippen molar-refractivity contribution in [1.29, 1.82) is 0 Å². The van der Waals surface area contributed by atoms with Crippen molar-refractivity contribution in [2.75, 3.05) is 6.79 Å². The smallest absolute Gasteiger partial charge is 0.300 e. The lowest BCUT2D eigenvalue weighted by Gasteiger charge is -2.02. The van der Waals surface area contributed by atoms with Crippen LogP contribution < -0.4 is 14.3 Å². The van der Waals surface area contributed by atoms with Crippen LogP contribution in [0.3, 0.4) is 0 Å². The number of rotatable bonds is 3. The highest BCUT2D eigenvalue weighted by molar-refractivity contribution is 7.16. The molecule has 4 rings (SSSR count). The maximum atomic E-state index is 12.5. The van der Waals surface area contributed by atoms with Gasteiger partial charge in [-0.05, 0) is 13.0 Å². The van der Waals surface area contributed by atoms with Crippen LogP contribution in [-0.4, -0.2) is 27.0 Å². The second kappa shape index (κ2) is 5.89. The summed E-state index contributed by atoms with van der Waals surface area (Å²) >= 11 is 1.42. The zero-order chi connectivity index (χ0) is 17.6. The number of hydrogen-bond donors (Lipinski definition) is 0. The lowest BCUT2D eigenvalue weighted by atomic mass is 10.3. The number of amides is 1. The average Bonchev–Trinajstić information content (AvgIpc) is 3.25. The van der Waals surface area contributed by atoms with Gasteiger partial charge in [-0.1, -0.05) is 17.4 Å². The number of hydrogen-bond acceptors (Lipinski definition) is 5. The van der Waals surface area contributed by atoms with Crippen LogP contribution in [0.25, 0.3) is 10.2 Å².